The Hall–Kier alpha value is -3.68. The first kappa shape index (κ1) is 20.6. The zero-order valence-corrected chi connectivity index (χ0v) is 16.7. The number of nitro benzene ring substituents is 1. The van der Waals surface area contributed by atoms with E-state index in [4.69, 9.17) is 14.2 Å². The summed E-state index contributed by atoms with van der Waals surface area (Å²) >= 11 is 0. The van der Waals surface area contributed by atoms with Gasteiger partial charge >= 0.3 is 11.9 Å². The Morgan fingerprint density at radius 3 is 2.32 bits per heavy atom. The van der Waals surface area contributed by atoms with Gasteiger partial charge in [-0.2, -0.15) is 0 Å². The van der Waals surface area contributed by atoms with Crippen molar-refractivity contribution in [2.75, 3.05) is 0 Å². The summed E-state index contributed by atoms with van der Waals surface area (Å²) in [6, 6.07) is 13.0. The second kappa shape index (κ2) is 8.59. The zero-order chi connectivity index (χ0) is 21.8. The fraction of sp³-hybridized carbons (Fsp3) is 0.304. The van der Waals surface area contributed by atoms with Crippen LogP contribution in [-0.2, 0) is 25.7 Å². The number of nitrogens with zero attached hydrogens (tertiary/aromatic N) is 1. The summed E-state index contributed by atoms with van der Waals surface area (Å²) in [6.45, 7) is 0.213. The van der Waals surface area contributed by atoms with E-state index < -0.39 is 22.6 Å². The number of nitro groups is 1. The van der Waals surface area contributed by atoms with Crippen molar-refractivity contribution >= 4 is 23.7 Å². The lowest BCUT2D eigenvalue weighted by Gasteiger charge is -2.38. The molecule has 0 aromatic heterocycles. The summed E-state index contributed by atoms with van der Waals surface area (Å²) < 4.78 is 16.7. The molecule has 0 N–H and O–H groups in total. The Morgan fingerprint density at radius 2 is 1.68 bits per heavy atom. The molecule has 1 aliphatic carbocycles. The Kier molecular flexibility index (Phi) is 5.70. The van der Waals surface area contributed by atoms with Crippen LogP contribution in [0.25, 0.3) is 6.08 Å². The number of hydrogen-bond donors (Lipinski definition) is 0. The predicted octanol–water partition coefficient (Wildman–Crippen LogP) is 4.32. The molecule has 8 nitrogen and oxygen atoms in total. The van der Waals surface area contributed by atoms with Crippen molar-refractivity contribution in [2.45, 2.75) is 44.5 Å². The van der Waals surface area contributed by atoms with Gasteiger partial charge in [-0.1, -0.05) is 18.6 Å². The normalized spacial score (nSPS) is 17.6. The van der Waals surface area contributed by atoms with Crippen molar-refractivity contribution in [2.24, 2.45) is 0 Å². The van der Waals surface area contributed by atoms with E-state index in [-0.39, 0.29) is 17.9 Å². The Labute approximate surface area is 178 Å². The van der Waals surface area contributed by atoms with Crippen LogP contribution in [0.2, 0.25) is 0 Å². The van der Waals surface area contributed by atoms with Crippen LogP contribution in [0.3, 0.4) is 0 Å². The third-order valence-corrected chi connectivity index (χ3v) is 5.33. The van der Waals surface area contributed by atoms with Crippen molar-refractivity contribution < 1.29 is 28.7 Å². The number of carbonyl (C=O) groups excluding carboxylic acids is 2. The fourth-order valence-corrected chi connectivity index (χ4v) is 3.71. The minimum Gasteiger partial charge on any atom is -0.489 e. The highest BCUT2D eigenvalue weighted by Gasteiger charge is 2.46. The maximum absolute atomic E-state index is 12.5. The maximum Gasteiger partial charge on any atom is 0.348 e. The molecule has 1 saturated carbocycles. The van der Waals surface area contributed by atoms with Gasteiger partial charge in [-0.3, -0.25) is 10.1 Å². The van der Waals surface area contributed by atoms with Crippen LogP contribution >= 0.6 is 0 Å². The molecular weight excluding hydrogens is 402 g/mol. The smallest absolute Gasteiger partial charge is 0.348 e. The minimum atomic E-state index is -1.11. The number of ether oxygens (including phenoxy) is 3. The lowest BCUT2D eigenvalue weighted by molar-refractivity contribution is -0.384. The highest BCUT2D eigenvalue weighted by atomic mass is 16.7. The summed E-state index contributed by atoms with van der Waals surface area (Å²) in [5.74, 6) is -1.93. The zero-order valence-electron chi connectivity index (χ0n) is 16.7. The molecule has 160 valence electrons. The lowest BCUT2D eigenvalue weighted by atomic mass is 9.93. The number of hydrogen-bond acceptors (Lipinski definition) is 7. The standard InChI is InChI=1S/C23H21NO7/c25-21-20(22(26)31-23(30-21)11-2-1-3-12-23)14-17-5-4-6-19(13-17)29-15-16-7-9-18(10-8-16)24(27)28/h4-10,13-14H,1-3,11-12,15H2. The molecule has 31 heavy (non-hydrogen) atoms. The topological polar surface area (TPSA) is 105 Å². The highest BCUT2D eigenvalue weighted by molar-refractivity contribution is 6.18. The third-order valence-electron chi connectivity index (χ3n) is 5.33. The predicted molar refractivity (Wildman–Crippen MR) is 110 cm³/mol. The van der Waals surface area contributed by atoms with Crippen LogP contribution in [-0.4, -0.2) is 22.6 Å². The van der Waals surface area contributed by atoms with Gasteiger partial charge in [-0.05, 0) is 54.3 Å². The van der Waals surface area contributed by atoms with E-state index in [2.05, 4.69) is 0 Å². The lowest BCUT2D eigenvalue weighted by Crippen LogP contribution is -2.47. The molecule has 2 aromatic rings. The number of benzene rings is 2. The minimum absolute atomic E-state index is 0.0126. The average molecular weight is 423 g/mol. The Morgan fingerprint density at radius 1 is 1.00 bits per heavy atom. The van der Waals surface area contributed by atoms with E-state index in [9.17, 15) is 19.7 Å². The highest BCUT2D eigenvalue weighted by Crippen LogP contribution is 2.37. The largest absolute Gasteiger partial charge is 0.489 e. The van der Waals surface area contributed by atoms with Gasteiger partial charge in [0, 0.05) is 25.0 Å². The van der Waals surface area contributed by atoms with E-state index in [0.29, 0.717) is 24.2 Å². The van der Waals surface area contributed by atoms with Gasteiger partial charge in [-0.25, -0.2) is 9.59 Å². The molecule has 1 heterocycles. The van der Waals surface area contributed by atoms with Crippen LogP contribution in [0.15, 0.2) is 54.1 Å². The summed E-state index contributed by atoms with van der Waals surface area (Å²) in [5.41, 5.74) is 1.22. The van der Waals surface area contributed by atoms with Crippen molar-refractivity contribution in [3.8, 4) is 5.75 Å². The second-order valence-electron chi connectivity index (χ2n) is 7.59. The number of carbonyl (C=O) groups is 2. The first-order valence-corrected chi connectivity index (χ1v) is 10.1. The van der Waals surface area contributed by atoms with Crippen LogP contribution in [0, 0.1) is 10.1 Å². The molecule has 1 spiro atoms. The second-order valence-corrected chi connectivity index (χ2v) is 7.59. The molecule has 0 atom stereocenters. The molecule has 0 bridgehead atoms. The van der Waals surface area contributed by atoms with Gasteiger partial charge in [0.2, 0.25) is 0 Å². The van der Waals surface area contributed by atoms with E-state index in [0.717, 1.165) is 24.8 Å². The van der Waals surface area contributed by atoms with Gasteiger partial charge in [0.05, 0.1) is 4.92 Å². The van der Waals surface area contributed by atoms with Crippen LogP contribution in [0.4, 0.5) is 5.69 Å². The molecule has 2 aromatic carbocycles. The van der Waals surface area contributed by atoms with Gasteiger partial charge in [0.15, 0.2) is 0 Å². The average Bonchev–Trinajstić information content (AvgIpc) is 2.76. The molecular formula is C23H21NO7. The van der Waals surface area contributed by atoms with Crippen molar-refractivity contribution in [3.63, 3.8) is 0 Å². The molecule has 4 rings (SSSR count). The molecule has 0 unspecified atom stereocenters. The first-order valence-electron chi connectivity index (χ1n) is 10.1. The molecule has 2 fully saturated rings. The Balaban J connectivity index is 1.44. The molecule has 8 heteroatoms. The van der Waals surface area contributed by atoms with E-state index in [1.54, 1.807) is 36.4 Å². The van der Waals surface area contributed by atoms with Gasteiger partial charge < -0.3 is 14.2 Å². The van der Waals surface area contributed by atoms with Crippen LogP contribution in [0.5, 0.6) is 5.75 Å². The molecule has 0 amide bonds. The molecule has 0 radical (unpaired) electrons. The van der Waals surface area contributed by atoms with Gasteiger partial charge in [0.1, 0.15) is 17.9 Å². The molecule has 2 aliphatic rings. The Bertz CT molecular complexity index is 1010. The maximum atomic E-state index is 12.5. The third kappa shape index (κ3) is 4.74. The van der Waals surface area contributed by atoms with Gasteiger partial charge in [-0.15, -0.1) is 0 Å². The number of esters is 2. The SMILES string of the molecule is O=C1OC2(CCCCC2)OC(=O)C1=Cc1cccc(OCc2ccc([N+](=O)[O-])cc2)c1. The summed E-state index contributed by atoms with van der Waals surface area (Å²) in [4.78, 5) is 35.2. The van der Waals surface area contributed by atoms with E-state index in [1.165, 1.54) is 18.2 Å². The molecule has 1 saturated heterocycles. The fourth-order valence-electron chi connectivity index (χ4n) is 3.71. The van der Waals surface area contributed by atoms with Crippen LogP contribution < -0.4 is 4.74 Å². The monoisotopic (exact) mass is 423 g/mol. The first-order chi connectivity index (χ1) is 14.9. The quantitative estimate of drug-likeness (QED) is 0.232. The number of non-ortho nitro benzene ring substituents is 1. The summed E-state index contributed by atoms with van der Waals surface area (Å²) in [5, 5.41) is 10.7. The van der Waals surface area contributed by atoms with Gasteiger partial charge in [0.25, 0.3) is 11.5 Å². The van der Waals surface area contributed by atoms with Crippen molar-refractivity contribution in [1.29, 1.82) is 0 Å². The summed E-state index contributed by atoms with van der Waals surface area (Å²) in [6.07, 6.45) is 5.24. The van der Waals surface area contributed by atoms with Crippen molar-refractivity contribution in [1.82, 2.24) is 0 Å². The summed E-state index contributed by atoms with van der Waals surface area (Å²) in [7, 11) is 0. The van der Waals surface area contributed by atoms with Crippen LogP contribution in [0.1, 0.15) is 43.2 Å². The van der Waals surface area contributed by atoms with E-state index in [1.807, 2.05) is 0 Å². The number of rotatable bonds is 5. The van der Waals surface area contributed by atoms with Crippen molar-refractivity contribution in [3.05, 3.63) is 75.3 Å². The van der Waals surface area contributed by atoms with E-state index >= 15 is 0 Å². The molecule has 1 aliphatic heterocycles.